The van der Waals surface area contributed by atoms with Crippen molar-refractivity contribution in [2.75, 3.05) is 0 Å². The predicted octanol–water partition coefficient (Wildman–Crippen LogP) is 3.52. The van der Waals surface area contributed by atoms with Gasteiger partial charge in [0.05, 0.1) is 11.0 Å². The molecule has 1 aromatic carbocycles. The summed E-state index contributed by atoms with van der Waals surface area (Å²) in [4.78, 5) is 11.9. The summed E-state index contributed by atoms with van der Waals surface area (Å²) in [5.41, 5.74) is -0.694. The summed E-state index contributed by atoms with van der Waals surface area (Å²) in [6, 6.07) is 2.76. The quantitative estimate of drug-likeness (QED) is 0.253. The number of nitro groups is 1. The first-order chi connectivity index (χ1) is 7.65. The third-order valence-corrected chi connectivity index (χ3v) is 1.25. The van der Waals surface area contributed by atoms with Crippen LogP contribution in [0.25, 0.3) is 4.98 Å². The fraction of sp³-hybridized carbons (Fsp3) is 0. The van der Waals surface area contributed by atoms with Crippen molar-refractivity contribution in [3.05, 3.63) is 39.1 Å². The van der Waals surface area contributed by atoms with Crippen LogP contribution in [0.1, 0.15) is 0 Å². The van der Waals surface area contributed by atoms with Crippen molar-refractivity contribution in [3.63, 3.8) is 0 Å². The SMILES string of the molecule is F[B-](F)(F)F.N#[N+]c1ccc([N+](=O)[O-])cc1F. The molecule has 0 fully saturated rings. The van der Waals surface area contributed by atoms with Gasteiger partial charge < -0.3 is 17.3 Å². The lowest BCUT2D eigenvalue weighted by atomic mass is 10.3. The van der Waals surface area contributed by atoms with Crippen LogP contribution in [-0.4, -0.2) is 12.2 Å². The Labute approximate surface area is 90.7 Å². The maximum Gasteiger partial charge on any atom is 0.673 e. The number of nitro benzene ring substituents is 1. The molecule has 0 aliphatic heterocycles. The van der Waals surface area contributed by atoms with Crippen molar-refractivity contribution >= 4 is 18.6 Å². The van der Waals surface area contributed by atoms with E-state index in [0.29, 0.717) is 6.07 Å². The summed E-state index contributed by atoms with van der Waals surface area (Å²) in [6.07, 6.45) is 0. The van der Waals surface area contributed by atoms with Crippen LogP contribution >= 0.6 is 0 Å². The maximum atomic E-state index is 12.7. The lowest BCUT2D eigenvalue weighted by molar-refractivity contribution is -0.385. The van der Waals surface area contributed by atoms with Gasteiger partial charge in [-0.1, -0.05) is 0 Å². The normalized spacial score (nSPS) is 9.88. The number of halogens is 5. The Kier molecular flexibility index (Phi) is 4.98. The molecule has 0 bridgehead atoms. The molecule has 0 N–H and O–H groups in total. The predicted molar refractivity (Wildman–Crippen MR) is 48.0 cm³/mol. The fourth-order valence-corrected chi connectivity index (χ4v) is 0.690. The Bertz CT molecular complexity index is 452. The molecule has 0 amide bonds. The molecule has 17 heavy (non-hydrogen) atoms. The van der Waals surface area contributed by atoms with Crippen molar-refractivity contribution in [2.45, 2.75) is 0 Å². The van der Waals surface area contributed by atoms with Gasteiger partial charge in [-0.05, 0) is 0 Å². The van der Waals surface area contributed by atoms with Crippen molar-refractivity contribution < 1.29 is 26.6 Å². The molecule has 0 saturated carbocycles. The first-order valence-electron chi connectivity index (χ1n) is 3.81. The fourth-order valence-electron chi connectivity index (χ4n) is 0.690. The molecule has 1 rings (SSSR count). The molecule has 92 valence electrons. The van der Waals surface area contributed by atoms with E-state index in [0.717, 1.165) is 12.1 Å². The van der Waals surface area contributed by atoms with Crippen molar-refractivity contribution in [1.29, 1.82) is 5.39 Å². The Balaban J connectivity index is 0.000000437. The van der Waals surface area contributed by atoms with E-state index in [2.05, 4.69) is 4.98 Å². The number of benzene rings is 1. The lowest BCUT2D eigenvalue weighted by Gasteiger charge is -1.94. The molecule has 11 heteroatoms. The summed E-state index contributed by atoms with van der Waals surface area (Å²) in [7, 11) is -6.00. The van der Waals surface area contributed by atoms with Crippen LogP contribution in [0.15, 0.2) is 18.2 Å². The summed E-state index contributed by atoms with van der Waals surface area (Å²) in [6.45, 7) is 0. The van der Waals surface area contributed by atoms with Gasteiger partial charge in [0, 0.05) is 12.1 Å². The van der Waals surface area contributed by atoms with Crippen molar-refractivity contribution in [2.24, 2.45) is 0 Å². The number of rotatable bonds is 1. The zero-order valence-corrected chi connectivity index (χ0v) is 7.86. The minimum atomic E-state index is -6.00. The first-order valence-corrected chi connectivity index (χ1v) is 3.81. The van der Waals surface area contributed by atoms with E-state index >= 15 is 0 Å². The molecule has 0 aliphatic rings. The van der Waals surface area contributed by atoms with Gasteiger partial charge in [0.25, 0.3) is 5.69 Å². The second kappa shape index (κ2) is 5.73. The largest absolute Gasteiger partial charge is 0.673 e. The summed E-state index contributed by atoms with van der Waals surface area (Å²) < 4.78 is 51.7. The van der Waals surface area contributed by atoms with Gasteiger partial charge in [-0.15, -0.1) is 0 Å². The van der Waals surface area contributed by atoms with E-state index in [1.165, 1.54) is 0 Å². The average molecular weight is 255 g/mol. The van der Waals surface area contributed by atoms with Crippen LogP contribution in [-0.2, 0) is 0 Å². The topological polar surface area (TPSA) is 71.3 Å². The minimum Gasteiger partial charge on any atom is -0.418 e. The monoisotopic (exact) mass is 255 g/mol. The summed E-state index contributed by atoms with van der Waals surface area (Å²) in [5.74, 6) is -0.924. The van der Waals surface area contributed by atoms with Crippen LogP contribution in [0, 0.1) is 21.3 Å². The summed E-state index contributed by atoms with van der Waals surface area (Å²) in [5, 5.41) is 18.3. The molecule has 0 atom stereocenters. The molecule has 5 nitrogen and oxygen atoms in total. The van der Waals surface area contributed by atoms with Crippen LogP contribution in [0.4, 0.5) is 33.0 Å². The Hall–Kier alpha value is -2.25. The van der Waals surface area contributed by atoms with Crippen LogP contribution < -0.4 is 0 Å². The smallest absolute Gasteiger partial charge is 0.418 e. The van der Waals surface area contributed by atoms with E-state index in [1.807, 2.05) is 0 Å². The van der Waals surface area contributed by atoms with E-state index in [-0.39, 0.29) is 11.4 Å². The Morgan fingerprint density at radius 3 is 2.06 bits per heavy atom. The van der Waals surface area contributed by atoms with Gasteiger partial charge in [-0.25, -0.2) is 0 Å². The number of hydrogen-bond acceptors (Lipinski definition) is 3. The molecular formula is C6H3BF5N3O2. The van der Waals surface area contributed by atoms with Gasteiger partial charge >= 0.3 is 12.9 Å². The highest BCUT2D eigenvalue weighted by atomic mass is 19.5. The second-order valence-corrected chi connectivity index (χ2v) is 2.49. The van der Waals surface area contributed by atoms with Crippen LogP contribution in [0.2, 0.25) is 0 Å². The van der Waals surface area contributed by atoms with Crippen LogP contribution in [0.3, 0.4) is 0 Å². The molecule has 0 radical (unpaired) electrons. The molecule has 0 spiro atoms. The van der Waals surface area contributed by atoms with Gasteiger partial charge in [0.2, 0.25) is 11.2 Å². The molecule has 0 aromatic heterocycles. The third kappa shape index (κ3) is 6.77. The first kappa shape index (κ1) is 14.8. The highest BCUT2D eigenvalue weighted by molar-refractivity contribution is 6.50. The number of diazo groups is 1. The van der Waals surface area contributed by atoms with Gasteiger partial charge in [0.15, 0.2) is 4.98 Å². The second-order valence-electron chi connectivity index (χ2n) is 2.49. The maximum absolute atomic E-state index is 12.7. The summed E-state index contributed by atoms with van der Waals surface area (Å²) >= 11 is 0. The average Bonchev–Trinajstić information content (AvgIpc) is 2.14. The molecule has 0 unspecified atom stereocenters. The van der Waals surface area contributed by atoms with Gasteiger partial charge in [-0.3, -0.25) is 10.1 Å². The molecular weight excluding hydrogens is 252 g/mol. The Morgan fingerprint density at radius 2 is 1.76 bits per heavy atom. The molecule has 0 aliphatic carbocycles. The van der Waals surface area contributed by atoms with E-state index in [9.17, 15) is 31.8 Å². The Morgan fingerprint density at radius 1 is 1.29 bits per heavy atom. The third-order valence-electron chi connectivity index (χ3n) is 1.25. The van der Waals surface area contributed by atoms with Crippen molar-refractivity contribution in [3.8, 4) is 0 Å². The van der Waals surface area contributed by atoms with E-state index < -0.39 is 18.0 Å². The lowest BCUT2D eigenvalue weighted by Crippen LogP contribution is -2.02. The highest BCUT2D eigenvalue weighted by Gasteiger charge is 2.20. The highest BCUT2D eigenvalue weighted by Crippen LogP contribution is 2.22. The molecule has 0 heterocycles. The number of hydrogen-bond donors (Lipinski definition) is 0. The molecule has 1 aromatic rings. The number of non-ortho nitro benzene ring substituents is 1. The van der Waals surface area contributed by atoms with E-state index in [4.69, 9.17) is 5.39 Å². The number of nitrogens with zero attached hydrogens (tertiary/aromatic N) is 3. The zero-order chi connectivity index (χ0) is 13.6. The standard InChI is InChI=1S/C6H3FN3O2.BF4/c7-5-3-4(10(11)12)1-2-6(5)9-8;2-1(3,4)5/h1-3H;/q+1;-1. The van der Waals surface area contributed by atoms with E-state index in [1.54, 1.807) is 0 Å². The zero-order valence-electron chi connectivity index (χ0n) is 7.86. The molecule has 0 saturated heterocycles. The van der Waals surface area contributed by atoms with Crippen LogP contribution in [0.5, 0.6) is 0 Å². The minimum absolute atomic E-state index is 0.319. The van der Waals surface area contributed by atoms with Gasteiger partial charge in [-0.2, -0.15) is 4.39 Å². The van der Waals surface area contributed by atoms with Crippen molar-refractivity contribution in [1.82, 2.24) is 0 Å². The van der Waals surface area contributed by atoms with Gasteiger partial charge in [0.1, 0.15) is 0 Å².